The molecule has 0 saturated heterocycles. The van der Waals surface area contributed by atoms with E-state index >= 15 is 0 Å². The number of thiophene rings is 1. The summed E-state index contributed by atoms with van der Waals surface area (Å²) in [6, 6.07) is 0. The van der Waals surface area contributed by atoms with Crippen molar-refractivity contribution in [3.8, 4) is 5.75 Å². The van der Waals surface area contributed by atoms with Crippen molar-refractivity contribution in [2.75, 3.05) is 31.8 Å². The Hall–Kier alpha value is -1.71. The summed E-state index contributed by atoms with van der Waals surface area (Å²) in [5.41, 5.74) is 5.49. The van der Waals surface area contributed by atoms with Crippen LogP contribution >= 0.6 is 11.3 Å². The number of carbonyl (C=O) groups is 1. The second-order valence-corrected chi connectivity index (χ2v) is 4.63. The first-order valence-corrected chi connectivity index (χ1v) is 6.00. The van der Waals surface area contributed by atoms with E-state index in [1.807, 2.05) is 0 Å². The van der Waals surface area contributed by atoms with Gasteiger partial charge in [-0.3, -0.25) is 0 Å². The zero-order valence-electron chi connectivity index (χ0n) is 10.5. The smallest absolute Gasteiger partial charge is 0.350 e. The summed E-state index contributed by atoms with van der Waals surface area (Å²) in [7, 11) is 2.32. The van der Waals surface area contributed by atoms with E-state index in [1.165, 1.54) is 7.11 Å². The van der Waals surface area contributed by atoms with E-state index in [1.54, 1.807) is 0 Å². The van der Waals surface area contributed by atoms with Gasteiger partial charge in [0.05, 0.1) is 20.8 Å². The second kappa shape index (κ2) is 6.16. The number of methoxy groups -OCH3 is 2. The number of nitrogen functional groups attached to an aromatic ring is 1. The van der Waals surface area contributed by atoms with Gasteiger partial charge < -0.3 is 20.5 Å². The predicted octanol–water partition coefficient (Wildman–Crippen LogP) is 2.44. The number of halogens is 4. The molecular formula is C10H12F4N2O3S. The topological polar surface area (TPSA) is 73.6 Å². The fourth-order valence-corrected chi connectivity index (χ4v) is 2.27. The van der Waals surface area contributed by atoms with Crippen LogP contribution in [0.5, 0.6) is 5.75 Å². The number of nitrogens with one attached hydrogen (secondary N) is 1. The van der Waals surface area contributed by atoms with Gasteiger partial charge in [0.2, 0.25) is 0 Å². The molecule has 0 fully saturated rings. The van der Waals surface area contributed by atoms with E-state index < -0.39 is 24.9 Å². The van der Waals surface area contributed by atoms with Crippen molar-refractivity contribution in [3.05, 3.63) is 4.88 Å². The van der Waals surface area contributed by atoms with Crippen LogP contribution in [-0.4, -0.2) is 39.1 Å². The van der Waals surface area contributed by atoms with E-state index in [0.717, 1.165) is 7.11 Å². The highest BCUT2D eigenvalue weighted by Crippen LogP contribution is 2.43. The first kappa shape index (κ1) is 16.3. The molecule has 0 aliphatic carbocycles. The van der Waals surface area contributed by atoms with Crippen molar-refractivity contribution >= 4 is 28.0 Å². The first-order chi connectivity index (χ1) is 9.24. The highest BCUT2D eigenvalue weighted by atomic mass is 32.1. The molecule has 0 radical (unpaired) electrons. The zero-order valence-corrected chi connectivity index (χ0v) is 11.3. The minimum absolute atomic E-state index is 0.0503. The number of esters is 1. The molecule has 0 aliphatic rings. The summed E-state index contributed by atoms with van der Waals surface area (Å²) in [4.78, 5) is 11.3. The van der Waals surface area contributed by atoms with Crippen LogP contribution in [0.15, 0.2) is 0 Å². The molecule has 0 atom stereocenters. The third-order valence-electron chi connectivity index (χ3n) is 2.28. The van der Waals surface area contributed by atoms with Crippen molar-refractivity contribution in [3.63, 3.8) is 0 Å². The molecule has 1 heterocycles. The molecule has 1 aromatic rings. The lowest BCUT2D eigenvalue weighted by Gasteiger charge is -2.16. The molecule has 0 aliphatic heterocycles. The first-order valence-electron chi connectivity index (χ1n) is 5.19. The fourth-order valence-electron chi connectivity index (χ4n) is 1.27. The van der Waals surface area contributed by atoms with Crippen molar-refractivity contribution < 1.29 is 31.8 Å². The summed E-state index contributed by atoms with van der Waals surface area (Å²) in [5.74, 6) is -5.06. The molecule has 0 unspecified atom stereocenters. The lowest BCUT2D eigenvalue weighted by atomic mass is 10.3. The van der Waals surface area contributed by atoms with Crippen molar-refractivity contribution in [2.45, 2.75) is 12.3 Å². The molecule has 1 rings (SSSR count). The van der Waals surface area contributed by atoms with Crippen LogP contribution in [-0.2, 0) is 4.74 Å². The summed E-state index contributed by atoms with van der Waals surface area (Å²) < 4.78 is 59.1. The van der Waals surface area contributed by atoms with Gasteiger partial charge in [0.25, 0.3) is 0 Å². The number of rotatable bonds is 6. The maximum atomic E-state index is 12.8. The Morgan fingerprint density at radius 3 is 2.50 bits per heavy atom. The van der Waals surface area contributed by atoms with E-state index in [-0.39, 0.29) is 21.3 Å². The largest absolute Gasteiger partial charge is 0.492 e. The van der Waals surface area contributed by atoms with Crippen LogP contribution < -0.4 is 15.8 Å². The maximum Gasteiger partial charge on any atom is 0.350 e. The van der Waals surface area contributed by atoms with Gasteiger partial charge in [-0.05, 0) is 0 Å². The normalized spacial score (nSPS) is 11.6. The predicted molar refractivity (Wildman–Crippen MR) is 66.1 cm³/mol. The SMILES string of the molecule is COC(=O)c1sc(NCC(F)(F)C(F)F)c(OC)c1N. The van der Waals surface area contributed by atoms with Crippen molar-refractivity contribution in [1.82, 2.24) is 0 Å². The Morgan fingerprint density at radius 2 is 2.05 bits per heavy atom. The molecule has 0 aromatic carbocycles. The van der Waals surface area contributed by atoms with Gasteiger partial charge in [0, 0.05) is 0 Å². The quantitative estimate of drug-likeness (QED) is 0.623. The van der Waals surface area contributed by atoms with Gasteiger partial charge >= 0.3 is 18.3 Å². The number of hydrogen-bond acceptors (Lipinski definition) is 6. The molecule has 5 nitrogen and oxygen atoms in total. The van der Waals surface area contributed by atoms with Crippen LogP contribution in [0, 0.1) is 0 Å². The highest BCUT2D eigenvalue weighted by Gasteiger charge is 2.41. The van der Waals surface area contributed by atoms with Crippen LogP contribution in [0.3, 0.4) is 0 Å². The Labute approximate surface area is 115 Å². The Morgan fingerprint density at radius 1 is 1.45 bits per heavy atom. The Kier molecular flexibility index (Phi) is 5.03. The van der Waals surface area contributed by atoms with E-state index in [9.17, 15) is 22.4 Å². The van der Waals surface area contributed by atoms with Gasteiger partial charge in [-0.1, -0.05) is 0 Å². The standard InChI is InChI=1S/C10H12F4N2O3S/c1-18-5-4(15)6(8(17)19-2)20-7(5)16-3-10(13,14)9(11)12/h9,16H,3,15H2,1-2H3. The van der Waals surface area contributed by atoms with Crippen LogP contribution in [0.4, 0.5) is 28.3 Å². The lowest BCUT2D eigenvalue weighted by molar-refractivity contribution is -0.117. The highest BCUT2D eigenvalue weighted by molar-refractivity contribution is 7.19. The molecule has 10 heteroatoms. The third-order valence-corrected chi connectivity index (χ3v) is 3.40. The average Bonchev–Trinajstić information content (AvgIpc) is 2.71. The number of nitrogens with two attached hydrogens (primary N) is 1. The summed E-state index contributed by atoms with van der Waals surface area (Å²) in [6.07, 6.45) is -3.81. The third kappa shape index (κ3) is 3.24. The fraction of sp³-hybridized carbons (Fsp3) is 0.500. The molecule has 20 heavy (non-hydrogen) atoms. The molecule has 0 amide bonds. The van der Waals surface area contributed by atoms with Crippen LogP contribution in [0.25, 0.3) is 0 Å². The lowest BCUT2D eigenvalue weighted by Crippen LogP contribution is -2.34. The average molecular weight is 316 g/mol. The summed E-state index contributed by atoms with van der Waals surface area (Å²) in [6.45, 7) is -1.32. The molecule has 114 valence electrons. The number of anilines is 2. The van der Waals surface area contributed by atoms with E-state index in [4.69, 9.17) is 10.5 Å². The molecule has 1 aromatic heterocycles. The number of alkyl halides is 4. The minimum Gasteiger partial charge on any atom is -0.492 e. The second-order valence-electron chi connectivity index (χ2n) is 3.61. The minimum atomic E-state index is -4.21. The zero-order chi connectivity index (χ0) is 15.5. The molecule has 3 N–H and O–H groups in total. The molecular weight excluding hydrogens is 304 g/mol. The van der Waals surface area contributed by atoms with Crippen molar-refractivity contribution in [2.24, 2.45) is 0 Å². The molecule has 0 saturated carbocycles. The Bertz CT molecular complexity index is 493. The van der Waals surface area contributed by atoms with Crippen LogP contribution in [0.1, 0.15) is 9.67 Å². The van der Waals surface area contributed by atoms with Gasteiger partial charge in [-0.25, -0.2) is 13.6 Å². The van der Waals surface area contributed by atoms with Crippen molar-refractivity contribution in [1.29, 1.82) is 0 Å². The number of carbonyl (C=O) groups excluding carboxylic acids is 1. The summed E-state index contributed by atoms with van der Waals surface area (Å²) >= 11 is 0.682. The van der Waals surface area contributed by atoms with Gasteiger partial charge in [0.15, 0.2) is 5.75 Å². The number of ether oxygens (including phenoxy) is 2. The van der Waals surface area contributed by atoms with Gasteiger partial charge in [-0.2, -0.15) is 8.78 Å². The van der Waals surface area contributed by atoms with E-state index in [0.29, 0.717) is 11.3 Å². The van der Waals surface area contributed by atoms with Gasteiger partial charge in [-0.15, -0.1) is 11.3 Å². The number of hydrogen-bond donors (Lipinski definition) is 2. The molecule has 0 spiro atoms. The van der Waals surface area contributed by atoms with Gasteiger partial charge in [0.1, 0.15) is 15.6 Å². The van der Waals surface area contributed by atoms with E-state index in [2.05, 4.69) is 10.1 Å². The molecule has 0 bridgehead atoms. The summed E-state index contributed by atoms with van der Waals surface area (Å²) in [5, 5.41) is 2.05. The Balaban J connectivity index is 2.98. The monoisotopic (exact) mass is 316 g/mol. The maximum absolute atomic E-state index is 12.8. The van der Waals surface area contributed by atoms with Crippen LogP contribution in [0.2, 0.25) is 0 Å².